The molecule has 0 atom stereocenters. The summed E-state index contributed by atoms with van der Waals surface area (Å²) in [6.45, 7) is 1.85. The van der Waals surface area contributed by atoms with Gasteiger partial charge in [0.15, 0.2) is 0 Å². The zero-order valence-electron chi connectivity index (χ0n) is 18.6. The van der Waals surface area contributed by atoms with Gasteiger partial charge in [-0.25, -0.2) is 4.39 Å². The first-order chi connectivity index (χ1) is 16.5. The van der Waals surface area contributed by atoms with E-state index in [1.54, 1.807) is 37.8 Å². The number of amides is 1. The minimum absolute atomic E-state index is 0.256. The molecule has 0 saturated heterocycles. The number of hydrogen-bond donors (Lipinski definition) is 1. The predicted octanol–water partition coefficient (Wildman–Crippen LogP) is 6.84. The highest BCUT2D eigenvalue weighted by Gasteiger charge is 2.15. The average molecular weight is 452 g/mol. The predicted molar refractivity (Wildman–Crippen MR) is 132 cm³/mol. The Morgan fingerprint density at radius 3 is 2.71 bits per heavy atom. The van der Waals surface area contributed by atoms with Gasteiger partial charge in [0.1, 0.15) is 17.1 Å². The van der Waals surface area contributed by atoms with Crippen LogP contribution in [0.2, 0.25) is 0 Å². The Balaban J connectivity index is 1.48. The molecule has 5 nitrogen and oxygen atoms in total. The first-order valence-corrected chi connectivity index (χ1v) is 10.7. The Morgan fingerprint density at radius 1 is 1.09 bits per heavy atom. The number of halogens is 1. The molecule has 0 unspecified atom stereocenters. The maximum Gasteiger partial charge on any atom is 0.248 e. The van der Waals surface area contributed by atoms with Crippen molar-refractivity contribution < 1.29 is 18.3 Å². The molecule has 0 aliphatic rings. The molecule has 0 bridgehead atoms. The summed E-state index contributed by atoms with van der Waals surface area (Å²) < 4.78 is 24.7. The number of carbonyl (C=O) groups excluding carboxylic acids is 1. The van der Waals surface area contributed by atoms with Crippen molar-refractivity contribution in [3.8, 4) is 16.9 Å². The van der Waals surface area contributed by atoms with Crippen LogP contribution in [0.1, 0.15) is 12.5 Å². The smallest absolute Gasteiger partial charge is 0.248 e. The Hall–Kier alpha value is -4.45. The molecule has 1 amide bonds. The Morgan fingerprint density at radius 2 is 1.91 bits per heavy atom. The van der Waals surface area contributed by atoms with E-state index in [9.17, 15) is 9.18 Å². The first kappa shape index (κ1) is 21.4. The summed E-state index contributed by atoms with van der Waals surface area (Å²) in [6.07, 6.45) is 4.91. The SMILES string of the molecule is COc1cc2occ(-c3ccc(F)cc3)c2cc1/C(C)=C/C(=O)Nc1ccc2ncccc2c1. The molecule has 6 heteroatoms. The second kappa shape index (κ2) is 8.83. The average Bonchev–Trinajstić information content (AvgIpc) is 3.26. The van der Waals surface area contributed by atoms with Gasteiger partial charge in [-0.2, -0.15) is 0 Å². The van der Waals surface area contributed by atoms with E-state index < -0.39 is 0 Å². The molecule has 5 rings (SSSR count). The van der Waals surface area contributed by atoms with E-state index in [-0.39, 0.29) is 11.7 Å². The molecular weight excluding hydrogens is 431 g/mol. The van der Waals surface area contributed by atoms with Gasteiger partial charge in [0, 0.05) is 45.9 Å². The molecule has 2 heterocycles. The number of pyridine rings is 1. The Kier molecular flexibility index (Phi) is 5.55. The minimum atomic E-state index is -0.300. The minimum Gasteiger partial charge on any atom is -0.496 e. The fourth-order valence-corrected chi connectivity index (χ4v) is 3.99. The number of rotatable bonds is 5. The maximum atomic E-state index is 13.4. The van der Waals surface area contributed by atoms with Gasteiger partial charge in [0.25, 0.3) is 0 Å². The normalized spacial score (nSPS) is 11.7. The zero-order chi connectivity index (χ0) is 23.7. The zero-order valence-corrected chi connectivity index (χ0v) is 18.6. The summed E-state index contributed by atoms with van der Waals surface area (Å²) in [7, 11) is 1.57. The number of carbonyl (C=O) groups is 1. The molecule has 1 N–H and O–H groups in total. The number of allylic oxidation sites excluding steroid dienone is 1. The van der Waals surface area contributed by atoms with Crippen LogP contribution in [0.4, 0.5) is 10.1 Å². The summed E-state index contributed by atoms with van der Waals surface area (Å²) in [5.41, 5.74) is 5.35. The number of benzene rings is 3. The van der Waals surface area contributed by atoms with Crippen LogP contribution in [0.5, 0.6) is 5.75 Å². The largest absolute Gasteiger partial charge is 0.496 e. The molecule has 168 valence electrons. The lowest BCUT2D eigenvalue weighted by molar-refractivity contribution is -0.111. The van der Waals surface area contributed by atoms with Gasteiger partial charge in [-0.15, -0.1) is 0 Å². The number of ether oxygens (including phenoxy) is 1. The van der Waals surface area contributed by atoms with Crippen LogP contribution in [0, 0.1) is 5.82 Å². The molecular formula is C28H21FN2O3. The molecule has 0 fully saturated rings. The van der Waals surface area contributed by atoms with Gasteiger partial charge in [-0.3, -0.25) is 9.78 Å². The summed E-state index contributed by atoms with van der Waals surface area (Å²) in [6, 6.07) is 19.3. The van der Waals surface area contributed by atoms with Crippen molar-refractivity contribution in [2.24, 2.45) is 0 Å². The fourth-order valence-electron chi connectivity index (χ4n) is 3.99. The van der Waals surface area contributed by atoms with Crippen LogP contribution in [0.15, 0.2) is 89.7 Å². The van der Waals surface area contributed by atoms with Gasteiger partial charge in [0.2, 0.25) is 5.91 Å². The third kappa shape index (κ3) is 4.13. The first-order valence-electron chi connectivity index (χ1n) is 10.7. The molecule has 34 heavy (non-hydrogen) atoms. The van der Waals surface area contributed by atoms with Gasteiger partial charge in [0.05, 0.1) is 18.9 Å². The monoisotopic (exact) mass is 452 g/mol. The van der Waals surface area contributed by atoms with Crippen molar-refractivity contribution in [1.82, 2.24) is 4.98 Å². The van der Waals surface area contributed by atoms with Crippen molar-refractivity contribution in [3.05, 3.63) is 96.6 Å². The summed E-state index contributed by atoms with van der Waals surface area (Å²) in [5, 5.41) is 4.70. The highest BCUT2D eigenvalue weighted by Crippen LogP contribution is 2.37. The van der Waals surface area contributed by atoms with E-state index >= 15 is 0 Å². The molecule has 3 aromatic carbocycles. The summed E-state index contributed by atoms with van der Waals surface area (Å²) in [4.78, 5) is 17.1. The van der Waals surface area contributed by atoms with Crippen LogP contribution < -0.4 is 10.1 Å². The second-order valence-corrected chi connectivity index (χ2v) is 7.93. The third-order valence-electron chi connectivity index (χ3n) is 5.69. The van der Waals surface area contributed by atoms with Gasteiger partial charge in [-0.1, -0.05) is 18.2 Å². The summed E-state index contributed by atoms with van der Waals surface area (Å²) in [5.74, 6) is 0.0334. The van der Waals surface area contributed by atoms with Crippen LogP contribution in [0.3, 0.4) is 0 Å². The quantitative estimate of drug-likeness (QED) is 0.297. The van der Waals surface area contributed by atoms with Crippen LogP contribution in [-0.2, 0) is 4.79 Å². The van der Waals surface area contributed by atoms with Crippen molar-refractivity contribution in [2.75, 3.05) is 12.4 Å². The molecule has 5 aromatic rings. The van der Waals surface area contributed by atoms with Crippen LogP contribution in [0.25, 0.3) is 38.6 Å². The molecule has 0 aliphatic carbocycles. The number of aromatic nitrogens is 1. The van der Waals surface area contributed by atoms with Crippen LogP contribution >= 0.6 is 0 Å². The molecule has 0 spiro atoms. The van der Waals surface area contributed by atoms with Gasteiger partial charge >= 0.3 is 0 Å². The molecule has 0 radical (unpaired) electrons. The van der Waals surface area contributed by atoms with Crippen molar-refractivity contribution in [1.29, 1.82) is 0 Å². The highest BCUT2D eigenvalue weighted by molar-refractivity contribution is 6.06. The van der Waals surface area contributed by atoms with Gasteiger partial charge < -0.3 is 14.5 Å². The lowest BCUT2D eigenvalue weighted by Gasteiger charge is -2.10. The molecule has 2 aromatic heterocycles. The number of methoxy groups -OCH3 is 1. The number of furan rings is 1. The number of anilines is 1. The van der Waals surface area contributed by atoms with E-state index in [2.05, 4.69) is 10.3 Å². The molecule has 0 aliphatic heterocycles. The maximum absolute atomic E-state index is 13.4. The lowest BCUT2D eigenvalue weighted by atomic mass is 9.99. The topological polar surface area (TPSA) is 64.4 Å². The van der Waals surface area contributed by atoms with E-state index in [0.29, 0.717) is 17.0 Å². The van der Waals surface area contributed by atoms with Crippen molar-refractivity contribution in [2.45, 2.75) is 6.92 Å². The Bertz CT molecular complexity index is 1550. The summed E-state index contributed by atoms with van der Waals surface area (Å²) >= 11 is 0. The van der Waals surface area contributed by atoms with E-state index in [4.69, 9.17) is 9.15 Å². The third-order valence-corrected chi connectivity index (χ3v) is 5.69. The number of hydrogen-bond acceptors (Lipinski definition) is 4. The van der Waals surface area contributed by atoms with E-state index in [1.807, 2.05) is 43.3 Å². The fraction of sp³-hybridized carbons (Fsp3) is 0.0714. The number of nitrogens with one attached hydrogen (secondary N) is 1. The second-order valence-electron chi connectivity index (χ2n) is 7.93. The highest BCUT2D eigenvalue weighted by atomic mass is 19.1. The number of nitrogens with zero attached hydrogens (tertiary/aromatic N) is 1. The van der Waals surface area contributed by atoms with Crippen LogP contribution in [-0.4, -0.2) is 18.0 Å². The van der Waals surface area contributed by atoms with E-state index in [1.165, 1.54) is 18.2 Å². The Labute approximate surface area is 195 Å². The van der Waals surface area contributed by atoms with Crippen molar-refractivity contribution in [3.63, 3.8) is 0 Å². The number of fused-ring (bicyclic) bond motifs is 2. The van der Waals surface area contributed by atoms with E-state index in [0.717, 1.165) is 38.6 Å². The lowest BCUT2D eigenvalue weighted by Crippen LogP contribution is -2.08. The standard InChI is InChI=1S/C28H21FN2O3/c1-17(12-28(32)31-21-9-10-25-19(13-21)4-3-11-30-25)22-14-23-24(18-5-7-20(29)8-6-18)16-34-27(23)15-26(22)33-2/h3-16H,1-2H3,(H,31,32)/b17-12+. The molecule has 0 saturated carbocycles. The van der Waals surface area contributed by atoms with Gasteiger partial charge in [-0.05, 0) is 60.5 Å². The van der Waals surface area contributed by atoms with Crippen molar-refractivity contribution >= 4 is 39.0 Å².